The molecular formula is C24H34N4O5. The zero-order valence-electron chi connectivity index (χ0n) is 20.1. The SMILES string of the molecule is CCCn1c(CCOC)nc2c[n+]([O-])c3cc(OCCCNC(=O)OC(C)(C)C)ccc3c21. The van der Waals surface area contributed by atoms with Crippen molar-refractivity contribution in [3.8, 4) is 5.75 Å². The van der Waals surface area contributed by atoms with Crippen LogP contribution in [0.25, 0.3) is 21.9 Å². The lowest BCUT2D eigenvalue weighted by atomic mass is 10.2. The van der Waals surface area contributed by atoms with Gasteiger partial charge in [-0.25, -0.2) is 9.78 Å². The molecule has 0 spiro atoms. The van der Waals surface area contributed by atoms with Crippen LogP contribution in [0.3, 0.4) is 0 Å². The summed E-state index contributed by atoms with van der Waals surface area (Å²) < 4.78 is 19.3. The minimum atomic E-state index is -0.526. The number of methoxy groups -OCH3 is 1. The fourth-order valence-corrected chi connectivity index (χ4v) is 3.67. The van der Waals surface area contributed by atoms with E-state index in [-0.39, 0.29) is 0 Å². The van der Waals surface area contributed by atoms with E-state index >= 15 is 0 Å². The second kappa shape index (κ2) is 10.7. The molecule has 0 saturated carbocycles. The number of ether oxygens (including phenoxy) is 3. The van der Waals surface area contributed by atoms with Gasteiger partial charge in [0.15, 0.2) is 5.52 Å². The van der Waals surface area contributed by atoms with Crippen molar-refractivity contribution in [1.29, 1.82) is 0 Å². The molecule has 2 heterocycles. The predicted molar refractivity (Wildman–Crippen MR) is 126 cm³/mol. The van der Waals surface area contributed by atoms with E-state index in [1.807, 2.05) is 32.9 Å². The lowest BCUT2D eigenvalue weighted by molar-refractivity contribution is -0.575. The Morgan fingerprint density at radius 3 is 2.76 bits per heavy atom. The Morgan fingerprint density at radius 2 is 2.06 bits per heavy atom. The molecule has 0 unspecified atom stereocenters. The summed E-state index contributed by atoms with van der Waals surface area (Å²) in [4.78, 5) is 16.4. The van der Waals surface area contributed by atoms with Crippen molar-refractivity contribution in [2.45, 2.75) is 59.1 Å². The van der Waals surface area contributed by atoms with Crippen molar-refractivity contribution in [2.75, 3.05) is 26.9 Å². The van der Waals surface area contributed by atoms with Crippen LogP contribution in [0.1, 0.15) is 46.4 Å². The molecule has 0 aliphatic carbocycles. The molecule has 0 fully saturated rings. The van der Waals surface area contributed by atoms with E-state index in [0.717, 1.165) is 34.4 Å². The first-order valence-electron chi connectivity index (χ1n) is 11.4. The van der Waals surface area contributed by atoms with E-state index in [2.05, 4.69) is 16.8 Å². The van der Waals surface area contributed by atoms with Crippen LogP contribution >= 0.6 is 0 Å². The van der Waals surface area contributed by atoms with Crippen LogP contribution in [-0.2, 0) is 22.4 Å². The smallest absolute Gasteiger partial charge is 0.407 e. The molecule has 9 heteroatoms. The summed E-state index contributed by atoms with van der Waals surface area (Å²) in [7, 11) is 1.67. The van der Waals surface area contributed by atoms with Crippen molar-refractivity contribution in [3.63, 3.8) is 0 Å². The summed E-state index contributed by atoms with van der Waals surface area (Å²) in [5.41, 5.74) is 1.64. The number of hydrogen-bond donors (Lipinski definition) is 1. The Hall–Kier alpha value is -3.07. The molecule has 9 nitrogen and oxygen atoms in total. The van der Waals surface area contributed by atoms with Crippen LogP contribution in [0.2, 0.25) is 0 Å². The van der Waals surface area contributed by atoms with Crippen LogP contribution in [-0.4, -0.2) is 48.1 Å². The van der Waals surface area contributed by atoms with Gasteiger partial charge < -0.3 is 29.3 Å². The van der Waals surface area contributed by atoms with Crippen LogP contribution in [0.15, 0.2) is 24.4 Å². The third-order valence-electron chi connectivity index (χ3n) is 5.01. The topological polar surface area (TPSA) is 102 Å². The number of alkyl carbamates (subject to hydrolysis) is 1. The van der Waals surface area contributed by atoms with Crippen LogP contribution in [0.5, 0.6) is 5.75 Å². The van der Waals surface area contributed by atoms with Gasteiger partial charge in [0.25, 0.3) is 0 Å². The van der Waals surface area contributed by atoms with Gasteiger partial charge in [-0.1, -0.05) is 6.92 Å². The Morgan fingerprint density at radius 1 is 1.27 bits per heavy atom. The van der Waals surface area contributed by atoms with Gasteiger partial charge in [-0.15, -0.1) is 0 Å². The first-order chi connectivity index (χ1) is 15.7. The van der Waals surface area contributed by atoms with Crippen molar-refractivity contribution in [3.05, 3.63) is 35.4 Å². The molecule has 0 atom stereocenters. The van der Waals surface area contributed by atoms with Gasteiger partial charge in [0.2, 0.25) is 11.7 Å². The standard InChI is InChI=1S/C24H34N4O5/c1-6-12-27-21(10-14-31-5)26-19-16-28(30)20-15-17(8-9-18(20)22(19)27)32-13-7-11-25-23(29)33-24(2,3)4/h8-9,15-16H,6-7,10-14H2,1-5H3,(H,25,29). The quantitative estimate of drug-likeness (QED) is 0.282. The fourth-order valence-electron chi connectivity index (χ4n) is 3.67. The molecule has 0 aliphatic rings. The molecule has 3 rings (SSSR count). The van der Waals surface area contributed by atoms with Gasteiger partial charge in [0.05, 0.1) is 30.2 Å². The minimum absolute atomic E-state index is 0.400. The van der Waals surface area contributed by atoms with Gasteiger partial charge >= 0.3 is 6.09 Å². The Bertz CT molecular complexity index is 1100. The molecule has 3 aromatic rings. The summed E-state index contributed by atoms with van der Waals surface area (Å²) in [5.74, 6) is 1.52. The Labute approximate surface area is 194 Å². The number of aryl methyl sites for hydroxylation is 1. The second-order valence-electron chi connectivity index (χ2n) is 8.92. The lowest BCUT2D eigenvalue weighted by Crippen LogP contribution is -2.33. The van der Waals surface area contributed by atoms with Crippen molar-refractivity contribution >= 4 is 28.0 Å². The average molecular weight is 459 g/mol. The molecular weight excluding hydrogens is 424 g/mol. The van der Waals surface area contributed by atoms with E-state index in [1.165, 1.54) is 6.20 Å². The second-order valence-corrected chi connectivity index (χ2v) is 8.92. The van der Waals surface area contributed by atoms with Gasteiger partial charge in [0, 0.05) is 26.6 Å². The Balaban J connectivity index is 1.73. The molecule has 0 aliphatic heterocycles. The number of nitrogens with zero attached hydrogens (tertiary/aromatic N) is 3. The van der Waals surface area contributed by atoms with E-state index in [0.29, 0.717) is 49.4 Å². The van der Waals surface area contributed by atoms with Gasteiger partial charge in [0.1, 0.15) is 17.2 Å². The van der Waals surface area contributed by atoms with E-state index in [1.54, 1.807) is 13.2 Å². The molecule has 0 radical (unpaired) electrons. The summed E-state index contributed by atoms with van der Waals surface area (Å²) in [6.07, 6.45) is 3.33. The summed E-state index contributed by atoms with van der Waals surface area (Å²) >= 11 is 0. The van der Waals surface area contributed by atoms with Crippen molar-refractivity contribution < 1.29 is 23.7 Å². The number of carbonyl (C=O) groups is 1. The number of benzene rings is 1. The maximum atomic E-state index is 12.7. The van der Waals surface area contributed by atoms with Crippen LogP contribution in [0, 0.1) is 5.21 Å². The monoisotopic (exact) mass is 458 g/mol. The first-order valence-corrected chi connectivity index (χ1v) is 11.4. The molecule has 1 N–H and O–H groups in total. The molecule has 0 saturated heterocycles. The normalized spacial score (nSPS) is 11.8. The number of rotatable bonds is 10. The Kier molecular flexibility index (Phi) is 7.97. The summed E-state index contributed by atoms with van der Waals surface area (Å²) in [5, 5.41) is 16.3. The molecule has 1 aromatic carbocycles. The van der Waals surface area contributed by atoms with Gasteiger partial charge in [-0.05, 0) is 45.7 Å². The third kappa shape index (κ3) is 6.25. The predicted octanol–water partition coefficient (Wildman–Crippen LogP) is 3.72. The molecule has 0 bridgehead atoms. The van der Waals surface area contributed by atoms with E-state index < -0.39 is 11.7 Å². The number of carbonyl (C=O) groups excluding carboxylic acids is 1. The van der Waals surface area contributed by atoms with E-state index in [9.17, 15) is 10.0 Å². The third-order valence-corrected chi connectivity index (χ3v) is 5.01. The largest absolute Gasteiger partial charge is 0.618 e. The van der Waals surface area contributed by atoms with E-state index in [4.69, 9.17) is 19.2 Å². The maximum Gasteiger partial charge on any atom is 0.407 e. The number of amides is 1. The number of aromatic nitrogens is 3. The number of nitrogens with one attached hydrogen (secondary N) is 1. The highest BCUT2D eigenvalue weighted by Gasteiger charge is 2.19. The number of imidazole rings is 1. The van der Waals surface area contributed by atoms with Gasteiger partial charge in [-0.3, -0.25) is 0 Å². The van der Waals surface area contributed by atoms with Gasteiger partial charge in [-0.2, -0.15) is 4.73 Å². The number of fused-ring (bicyclic) bond motifs is 3. The highest BCUT2D eigenvalue weighted by molar-refractivity contribution is 6.01. The number of pyridine rings is 1. The molecule has 1 amide bonds. The van der Waals surface area contributed by atoms with Crippen LogP contribution in [0.4, 0.5) is 4.79 Å². The summed E-state index contributed by atoms with van der Waals surface area (Å²) in [6.45, 7) is 9.81. The van der Waals surface area contributed by atoms with Crippen molar-refractivity contribution in [1.82, 2.24) is 14.9 Å². The average Bonchev–Trinajstić information content (AvgIpc) is 3.08. The fraction of sp³-hybridized carbons (Fsp3) is 0.542. The zero-order valence-corrected chi connectivity index (χ0v) is 20.1. The minimum Gasteiger partial charge on any atom is -0.618 e. The maximum absolute atomic E-state index is 12.7. The molecule has 180 valence electrons. The first kappa shape index (κ1) is 24.6. The van der Waals surface area contributed by atoms with Crippen molar-refractivity contribution in [2.24, 2.45) is 0 Å². The zero-order chi connectivity index (χ0) is 24.0. The summed E-state index contributed by atoms with van der Waals surface area (Å²) in [6, 6.07) is 5.52. The number of hydrogen-bond acceptors (Lipinski definition) is 6. The highest BCUT2D eigenvalue weighted by atomic mass is 16.6. The van der Waals surface area contributed by atoms with Crippen LogP contribution < -0.4 is 14.8 Å². The molecule has 33 heavy (non-hydrogen) atoms. The molecule has 2 aromatic heterocycles. The lowest BCUT2D eigenvalue weighted by Gasteiger charge is -2.19. The highest BCUT2D eigenvalue weighted by Crippen LogP contribution is 2.27.